The van der Waals surface area contributed by atoms with Crippen LogP contribution in [0.2, 0.25) is 0 Å². The van der Waals surface area contributed by atoms with Gasteiger partial charge in [0.2, 0.25) is 0 Å². The molecule has 5 heteroatoms. The molecule has 0 N–H and O–H groups in total. The number of nitriles is 1. The lowest BCUT2D eigenvalue weighted by Crippen LogP contribution is -1.65. The third-order valence-corrected chi connectivity index (χ3v) is 3.62. The van der Waals surface area contributed by atoms with Gasteiger partial charge < -0.3 is 0 Å². The normalized spacial score (nSPS) is 9.00. The summed E-state index contributed by atoms with van der Waals surface area (Å²) in [4.78, 5) is 3.86. The number of hydrogen-bond acceptors (Lipinski definition) is 3. The molecule has 0 saturated carbocycles. The summed E-state index contributed by atoms with van der Waals surface area (Å²) in [5.74, 6) is 0. The molecule has 2 nitrogen and oxygen atoms in total. The number of halogens is 2. The van der Waals surface area contributed by atoms with Crippen LogP contribution in [0, 0.1) is 11.3 Å². The van der Waals surface area contributed by atoms with Crippen molar-refractivity contribution in [3.8, 4) is 6.07 Å². The minimum Gasteiger partial charge on any atom is -0.218 e. The van der Waals surface area contributed by atoms with E-state index in [9.17, 15) is 0 Å². The van der Waals surface area contributed by atoms with Gasteiger partial charge in [-0.3, -0.25) is 0 Å². The van der Waals surface area contributed by atoms with Gasteiger partial charge in [0.25, 0.3) is 0 Å². The van der Waals surface area contributed by atoms with Crippen LogP contribution in [0.4, 0.5) is 0 Å². The summed E-state index contributed by atoms with van der Waals surface area (Å²) in [6, 6.07) is 1.94. The van der Waals surface area contributed by atoms with Crippen molar-refractivity contribution in [2.24, 2.45) is 0 Å². The van der Waals surface area contributed by atoms with Gasteiger partial charge >= 0.3 is 0 Å². The molecule has 0 aromatic carbocycles. The van der Waals surface area contributed by atoms with Crippen molar-refractivity contribution in [3.05, 3.63) is 13.4 Å². The Bertz CT molecular complexity index is 243. The molecule has 0 atom stereocenters. The number of aromatic nitrogens is 1. The van der Waals surface area contributed by atoms with E-state index in [1.807, 2.05) is 6.07 Å². The van der Waals surface area contributed by atoms with Crippen molar-refractivity contribution >= 4 is 43.2 Å². The monoisotopic (exact) mass is 266 g/mol. The summed E-state index contributed by atoms with van der Waals surface area (Å²) in [5.41, 5.74) is 0. The van der Waals surface area contributed by atoms with Crippen molar-refractivity contribution in [3.63, 3.8) is 0 Å². The molecular formula is C4Br2N2S. The first-order valence-electron chi connectivity index (χ1n) is 1.96. The molecule has 0 radical (unpaired) electrons. The number of rotatable bonds is 0. The predicted octanol–water partition coefficient (Wildman–Crippen LogP) is 2.54. The van der Waals surface area contributed by atoms with Gasteiger partial charge in [-0.1, -0.05) is 11.3 Å². The minimum atomic E-state index is 0.466. The molecule has 0 aliphatic rings. The van der Waals surface area contributed by atoms with Crippen molar-refractivity contribution in [1.29, 1.82) is 5.26 Å². The smallest absolute Gasteiger partial charge is 0.196 e. The first kappa shape index (κ1) is 7.19. The second-order valence-corrected chi connectivity index (χ2v) is 4.26. The van der Waals surface area contributed by atoms with E-state index in [2.05, 4.69) is 36.8 Å². The number of nitrogens with zero attached hydrogens (tertiary/aromatic N) is 2. The second-order valence-electron chi connectivity index (χ2n) is 1.20. The Hall–Kier alpha value is 0.0800. The molecule has 0 saturated heterocycles. The Morgan fingerprint density at radius 3 is 2.44 bits per heavy atom. The molecule has 0 aliphatic heterocycles. The molecule has 46 valence electrons. The van der Waals surface area contributed by atoms with Crippen LogP contribution >= 0.6 is 43.2 Å². The summed E-state index contributed by atoms with van der Waals surface area (Å²) in [5, 5.41) is 8.80. The van der Waals surface area contributed by atoms with E-state index in [-0.39, 0.29) is 0 Å². The molecule has 0 bridgehead atoms. The highest BCUT2D eigenvalue weighted by Gasteiger charge is 2.03. The highest BCUT2D eigenvalue weighted by Crippen LogP contribution is 2.28. The average molecular weight is 268 g/mol. The Kier molecular flexibility index (Phi) is 2.22. The van der Waals surface area contributed by atoms with Gasteiger partial charge in [-0.15, -0.1) is 0 Å². The molecule has 0 unspecified atom stereocenters. The first-order chi connectivity index (χ1) is 4.24. The number of hydrogen-bond donors (Lipinski definition) is 0. The SMILES string of the molecule is N#Cc1nc(Br)c(Br)s1. The average Bonchev–Trinajstić information content (AvgIpc) is 2.13. The predicted molar refractivity (Wildman–Crippen MR) is 42.2 cm³/mol. The van der Waals surface area contributed by atoms with E-state index in [0.29, 0.717) is 9.61 Å². The molecule has 0 spiro atoms. The lowest BCUT2D eigenvalue weighted by Gasteiger charge is -1.72. The third kappa shape index (κ3) is 1.51. The molecular weight excluding hydrogens is 268 g/mol. The number of thiazole rings is 1. The fourth-order valence-corrected chi connectivity index (χ4v) is 1.90. The van der Waals surface area contributed by atoms with E-state index in [0.717, 1.165) is 3.79 Å². The van der Waals surface area contributed by atoms with Crippen LogP contribution < -0.4 is 0 Å². The van der Waals surface area contributed by atoms with Gasteiger partial charge in [-0.25, -0.2) is 4.98 Å². The summed E-state index contributed by atoms with van der Waals surface area (Å²) >= 11 is 7.68. The summed E-state index contributed by atoms with van der Waals surface area (Å²) in [7, 11) is 0. The summed E-state index contributed by atoms with van der Waals surface area (Å²) in [6.07, 6.45) is 0. The van der Waals surface area contributed by atoms with Crippen molar-refractivity contribution < 1.29 is 0 Å². The zero-order valence-corrected chi connectivity index (χ0v) is 8.05. The fraction of sp³-hybridized carbons (Fsp3) is 0. The van der Waals surface area contributed by atoms with Crippen LogP contribution in [0.25, 0.3) is 0 Å². The summed E-state index contributed by atoms with van der Waals surface area (Å²) < 4.78 is 1.56. The van der Waals surface area contributed by atoms with Gasteiger partial charge in [0.15, 0.2) is 5.01 Å². The van der Waals surface area contributed by atoms with Crippen LogP contribution in [0.5, 0.6) is 0 Å². The van der Waals surface area contributed by atoms with Gasteiger partial charge in [0, 0.05) is 0 Å². The fourth-order valence-electron chi connectivity index (χ4n) is 0.331. The summed E-state index contributed by atoms with van der Waals surface area (Å²) in [6.45, 7) is 0. The van der Waals surface area contributed by atoms with E-state index in [4.69, 9.17) is 5.26 Å². The first-order valence-corrected chi connectivity index (χ1v) is 4.36. The molecule has 9 heavy (non-hydrogen) atoms. The minimum absolute atomic E-state index is 0.466. The molecule has 1 heterocycles. The molecule has 0 amide bonds. The zero-order valence-electron chi connectivity index (χ0n) is 4.06. The lowest BCUT2D eigenvalue weighted by atomic mass is 10.8. The Balaban J connectivity index is 3.16. The lowest BCUT2D eigenvalue weighted by molar-refractivity contribution is 1.30. The highest BCUT2D eigenvalue weighted by atomic mass is 79.9. The quantitative estimate of drug-likeness (QED) is 0.724. The molecule has 1 aromatic heterocycles. The van der Waals surface area contributed by atoms with Crippen molar-refractivity contribution in [2.45, 2.75) is 0 Å². The van der Waals surface area contributed by atoms with E-state index in [1.165, 1.54) is 11.3 Å². The zero-order chi connectivity index (χ0) is 6.85. The van der Waals surface area contributed by atoms with Gasteiger partial charge in [-0.05, 0) is 31.9 Å². The molecule has 0 aliphatic carbocycles. The maximum Gasteiger partial charge on any atom is 0.196 e. The molecule has 1 aromatic rings. The van der Waals surface area contributed by atoms with Crippen LogP contribution in [-0.2, 0) is 0 Å². The molecule has 0 fully saturated rings. The van der Waals surface area contributed by atoms with Crippen molar-refractivity contribution in [2.75, 3.05) is 0 Å². The van der Waals surface area contributed by atoms with Crippen LogP contribution in [-0.4, -0.2) is 4.98 Å². The largest absolute Gasteiger partial charge is 0.218 e. The van der Waals surface area contributed by atoms with Gasteiger partial charge in [0.1, 0.15) is 14.5 Å². The van der Waals surface area contributed by atoms with E-state index in [1.54, 1.807) is 0 Å². The second kappa shape index (κ2) is 2.78. The van der Waals surface area contributed by atoms with Gasteiger partial charge in [0.05, 0.1) is 0 Å². The van der Waals surface area contributed by atoms with Crippen molar-refractivity contribution in [1.82, 2.24) is 4.98 Å². The maximum atomic E-state index is 8.33. The van der Waals surface area contributed by atoms with E-state index >= 15 is 0 Å². The Morgan fingerprint density at radius 1 is 1.56 bits per heavy atom. The standard InChI is InChI=1S/C4Br2N2S/c5-3-4(6)9-2(1-7)8-3. The molecule has 1 rings (SSSR count). The Labute approximate surface area is 72.8 Å². The van der Waals surface area contributed by atoms with Crippen LogP contribution in [0.1, 0.15) is 5.01 Å². The maximum absolute atomic E-state index is 8.33. The topological polar surface area (TPSA) is 36.7 Å². The van der Waals surface area contributed by atoms with Crippen LogP contribution in [0.15, 0.2) is 8.39 Å². The highest BCUT2D eigenvalue weighted by molar-refractivity contribution is 9.13. The van der Waals surface area contributed by atoms with E-state index < -0.39 is 0 Å². The Morgan fingerprint density at radius 2 is 2.22 bits per heavy atom. The van der Waals surface area contributed by atoms with Crippen LogP contribution in [0.3, 0.4) is 0 Å². The van der Waals surface area contributed by atoms with Gasteiger partial charge in [-0.2, -0.15) is 5.26 Å². The third-order valence-electron chi connectivity index (χ3n) is 0.644.